The number of allylic oxidation sites excluding steroid dienone is 20. The smallest absolute Gasteiger partial charge is 0.306 e. The fraction of sp³-hybridized carbons (Fsp3) is 0.635. The summed E-state index contributed by atoms with van der Waals surface area (Å²) >= 11 is 0. The molecule has 0 aliphatic heterocycles. The number of carbonyl (C=O) groups excluding carboxylic acids is 3. The largest absolute Gasteiger partial charge is 0.462 e. The molecule has 0 amide bonds. The van der Waals surface area contributed by atoms with Crippen LogP contribution in [0.25, 0.3) is 0 Å². The van der Waals surface area contributed by atoms with E-state index in [0.29, 0.717) is 19.3 Å². The maximum Gasteiger partial charge on any atom is 0.306 e. The van der Waals surface area contributed by atoms with E-state index in [4.69, 9.17) is 14.2 Å². The van der Waals surface area contributed by atoms with Crippen molar-refractivity contribution in [3.05, 3.63) is 122 Å². The highest BCUT2D eigenvalue weighted by Gasteiger charge is 2.19. The van der Waals surface area contributed by atoms with Crippen molar-refractivity contribution in [2.75, 3.05) is 13.2 Å². The first-order valence-corrected chi connectivity index (χ1v) is 28.1. The average Bonchev–Trinajstić information content (AvgIpc) is 3.35. The highest BCUT2D eigenvalue weighted by molar-refractivity contribution is 5.71. The van der Waals surface area contributed by atoms with Crippen LogP contribution < -0.4 is 0 Å². The van der Waals surface area contributed by atoms with Gasteiger partial charge in [0.15, 0.2) is 6.10 Å². The molecule has 0 aromatic carbocycles. The highest BCUT2D eigenvalue weighted by atomic mass is 16.6. The standard InChI is InChI=1S/C63H102O6/c1-4-7-10-13-16-19-22-25-28-30-31-33-35-38-41-44-47-50-53-56-62(65)68-59-60(58-67-61(64)55-52-49-46-43-40-37-34-27-24-21-18-15-12-9-6-3)69-63(66)57-54-51-48-45-42-39-36-32-29-26-23-20-17-14-11-8-5-2/h7,10,13,16,19,22,25-26,28-31,33,35-36,38-39,41,45,48,60H,4-6,8-9,11-12,14-15,17-18,20-21,23-24,27,32,34,37,40,42-44,46-47,49-59H2,1-3H3/b10-7-,16-13-,22-19-,28-25-,29-26-,31-30+,35-33-,39-36-,41-38-,48-45-. The van der Waals surface area contributed by atoms with Gasteiger partial charge in [-0.2, -0.15) is 0 Å². The molecule has 0 spiro atoms. The van der Waals surface area contributed by atoms with Crippen LogP contribution in [0, 0.1) is 0 Å². The number of esters is 3. The number of hydrogen-bond donors (Lipinski definition) is 0. The molecule has 0 aliphatic carbocycles. The van der Waals surface area contributed by atoms with Gasteiger partial charge in [-0.15, -0.1) is 0 Å². The van der Waals surface area contributed by atoms with Crippen molar-refractivity contribution in [2.24, 2.45) is 0 Å². The molecule has 0 aliphatic rings. The summed E-state index contributed by atoms with van der Waals surface area (Å²) < 4.78 is 16.8. The van der Waals surface area contributed by atoms with Gasteiger partial charge in [0.2, 0.25) is 0 Å². The molecule has 0 fully saturated rings. The second-order valence-corrected chi connectivity index (χ2v) is 18.3. The summed E-state index contributed by atoms with van der Waals surface area (Å²) in [5.74, 6) is -1.01. The van der Waals surface area contributed by atoms with Crippen LogP contribution in [-0.4, -0.2) is 37.2 Å². The van der Waals surface area contributed by atoms with Crippen molar-refractivity contribution in [3.63, 3.8) is 0 Å². The number of carbonyl (C=O) groups is 3. The fourth-order valence-corrected chi connectivity index (χ4v) is 7.44. The minimum absolute atomic E-state index is 0.114. The van der Waals surface area contributed by atoms with Crippen molar-refractivity contribution < 1.29 is 28.6 Å². The van der Waals surface area contributed by atoms with Gasteiger partial charge >= 0.3 is 17.9 Å². The molecular weight excluding hydrogens is 853 g/mol. The minimum atomic E-state index is -0.826. The zero-order valence-electron chi connectivity index (χ0n) is 44.5. The van der Waals surface area contributed by atoms with E-state index in [1.807, 2.05) is 72.9 Å². The molecule has 0 aromatic heterocycles. The lowest BCUT2D eigenvalue weighted by molar-refractivity contribution is -0.167. The van der Waals surface area contributed by atoms with Crippen LogP contribution in [0.15, 0.2) is 122 Å². The molecule has 69 heavy (non-hydrogen) atoms. The second-order valence-electron chi connectivity index (χ2n) is 18.3. The Bertz CT molecular complexity index is 1470. The van der Waals surface area contributed by atoms with Gasteiger partial charge in [-0.1, -0.05) is 271 Å². The van der Waals surface area contributed by atoms with Crippen LogP contribution in [0.4, 0.5) is 0 Å². The lowest BCUT2D eigenvalue weighted by Crippen LogP contribution is -2.30. The third-order valence-electron chi connectivity index (χ3n) is 11.6. The van der Waals surface area contributed by atoms with Crippen molar-refractivity contribution in [1.82, 2.24) is 0 Å². The minimum Gasteiger partial charge on any atom is -0.462 e. The Hall–Kier alpha value is -4.19. The summed E-state index contributed by atoms with van der Waals surface area (Å²) in [7, 11) is 0. The van der Waals surface area contributed by atoms with Gasteiger partial charge in [0, 0.05) is 19.3 Å². The molecule has 6 heteroatoms. The van der Waals surface area contributed by atoms with Crippen LogP contribution in [0.2, 0.25) is 0 Å². The summed E-state index contributed by atoms with van der Waals surface area (Å²) in [6.45, 7) is 6.41. The van der Waals surface area contributed by atoms with Gasteiger partial charge in [-0.05, 0) is 70.6 Å². The van der Waals surface area contributed by atoms with E-state index in [1.165, 1.54) is 122 Å². The molecule has 0 heterocycles. The Morgan fingerprint density at radius 3 is 1.07 bits per heavy atom. The van der Waals surface area contributed by atoms with Crippen molar-refractivity contribution in [2.45, 2.75) is 245 Å². The molecule has 1 atom stereocenters. The lowest BCUT2D eigenvalue weighted by Gasteiger charge is -2.18. The van der Waals surface area contributed by atoms with E-state index >= 15 is 0 Å². The van der Waals surface area contributed by atoms with Crippen molar-refractivity contribution >= 4 is 17.9 Å². The predicted molar refractivity (Wildman–Crippen MR) is 297 cm³/mol. The molecule has 0 saturated heterocycles. The summed E-state index contributed by atoms with van der Waals surface area (Å²) in [6, 6.07) is 0. The van der Waals surface area contributed by atoms with Crippen molar-refractivity contribution in [1.29, 1.82) is 0 Å². The number of hydrogen-bond acceptors (Lipinski definition) is 6. The Balaban J connectivity index is 4.58. The summed E-state index contributed by atoms with van der Waals surface area (Å²) in [4.78, 5) is 38.1. The maximum atomic E-state index is 12.8. The normalized spacial score (nSPS) is 13.0. The number of rotatable bonds is 49. The van der Waals surface area contributed by atoms with E-state index in [9.17, 15) is 14.4 Å². The van der Waals surface area contributed by atoms with Crippen molar-refractivity contribution in [3.8, 4) is 0 Å². The Morgan fingerprint density at radius 1 is 0.319 bits per heavy atom. The molecule has 6 nitrogen and oxygen atoms in total. The van der Waals surface area contributed by atoms with E-state index in [1.54, 1.807) is 0 Å². The van der Waals surface area contributed by atoms with Crippen LogP contribution in [0.3, 0.4) is 0 Å². The Kier molecular flexibility index (Phi) is 53.0. The first-order valence-electron chi connectivity index (χ1n) is 28.1. The SMILES string of the molecule is CC\C=C/C=C\C=C/C=C\C=C\C=C/C=C\CCCCCC(=O)OCC(COC(=O)CCCCCCCCCCCCCCCCC)OC(=O)CCC/C=C\C/C=C\C/C=C\CCCCCCCC. The van der Waals surface area contributed by atoms with Gasteiger partial charge in [-0.25, -0.2) is 0 Å². The van der Waals surface area contributed by atoms with Gasteiger partial charge in [-0.3, -0.25) is 14.4 Å². The lowest BCUT2D eigenvalue weighted by atomic mass is 10.0. The molecular formula is C63H102O6. The number of ether oxygens (including phenoxy) is 3. The van der Waals surface area contributed by atoms with E-state index in [-0.39, 0.29) is 37.5 Å². The van der Waals surface area contributed by atoms with Gasteiger partial charge in [0.05, 0.1) is 0 Å². The summed E-state index contributed by atoms with van der Waals surface area (Å²) in [6.07, 6.45) is 77.6. The predicted octanol–water partition coefficient (Wildman–Crippen LogP) is 18.9. The number of unbranched alkanes of at least 4 members (excludes halogenated alkanes) is 24. The molecule has 0 bridgehead atoms. The molecule has 0 radical (unpaired) electrons. The molecule has 0 N–H and O–H groups in total. The fourth-order valence-electron chi connectivity index (χ4n) is 7.44. The van der Waals surface area contributed by atoms with E-state index in [2.05, 4.69) is 69.4 Å². The summed E-state index contributed by atoms with van der Waals surface area (Å²) in [5.41, 5.74) is 0. The maximum absolute atomic E-state index is 12.8. The van der Waals surface area contributed by atoms with Crippen LogP contribution in [0.1, 0.15) is 239 Å². The quantitative estimate of drug-likeness (QED) is 0.0199. The first-order chi connectivity index (χ1) is 34.0. The molecule has 0 saturated carbocycles. The van der Waals surface area contributed by atoms with E-state index < -0.39 is 6.10 Å². The first kappa shape index (κ1) is 64.8. The summed E-state index contributed by atoms with van der Waals surface area (Å²) in [5, 5.41) is 0. The highest BCUT2D eigenvalue weighted by Crippen LogP contribution is 2.15. The van der Waals surface area contributed by atoms with E-state index in [0.717, 1.165) is 70.6 Å². The van der Waals surface area contributed by atoms with Gasteiger partial charge < -0.3 is 14.2 Å². The Labute approximate surface area is 424 Å². The van der Waals surface area contributed by atoms with Gasteiger partial charge in [0.1, 0.15) is 13.2 Å². The molecule has 390 valence electrons. The molecule has 1 unspecified atom stereocenters. The monoisotopic (exact) mass is 955 g/mol. The third kappa shape index (κ3) is 54.6. The molecule has 0 rings (SSSR count). The Morgan fingerprint density at radius 2 is 0.638 bits per heavy atom. The second kappa shape index (κ2) is 56.4. The average molecular weight is 956 g/mol. The van der Waals surface area contributed by atoms with Crippen LogP contribution in [-0.2, 0) is 28.6 Å². The zero-order chi connectivity index (χ0) is 50.0. The topological polar surface area (TPSA) is 78.9 Å². The van der Waals surface area contributed by atoms with Crippen LogP contribution in [0.5, 0.6) is 0 Å². The van der Waals surface area contributed by atoms with Crippen LogP contribution >= 0.6 is 0 Å². The molecule has 0 aromatic rings. The third-order valence-corrected chi connectivity index (χ3v) is 11.6. The zero-order valence-corrected chi connectivity index (χ0v) is 44.5. The van der Waals surface area contributed by atoms with Gasteiger partial charge in [0.25, 0.3) is 0 Å².